The zero-order valence-electron chi connectivity index (χ0n) is 16.2. The van der Waals surface area contributed by atoms with Crippen LogP contribution in [0, 0.1) is 12.3 Å². The van der Waals surface area contributed by atoms with Crippen LogP contribution in [-0.2, 0) is 9.59 Å². The van der Waals surface area contributed by atoms with Gasteiger partial charge in [-0.1, -0.05) is 57.2 Å². The number of aryl methyl sites for hydroxylation is 1. The lowest BCUT2D eigenvalue weighted by Gasteiger charge is -2.19. The van der Waals surface area contributed by atoms with Crippen molar-refractivity contribution < 1.29 is 9.59 Å². The number of anilines is 2. The molecule has 2 aromatic carbocycles. The van der Waals surface area contributed by atoms with Gasteiger partial charge in [-0.15, -0.1) is 12.4 Å². The normalized spacial score (nSPS) is 11.9. The van der Waals surface area contributed by atoms with Crippen molar-refractivity contribution >= 4 is 35.6 Å². The quantitative estimate of drug-likeness (QED) is 0.707. The molecule has 0 aliphatic carbocycles. The molecule has 27 heavy (non-hydrogen) atoms. The van der Waals surface area contributed by atoms with Crippen LogP contribution in [0.3, 0.4) is 0 Å². The largest absolute Gasteiger partial charge is 0.326 e. The van der Waals surface area contributed by atoms with Gasteiger partial charge in [0.1, 0.15) is 0 Å². The molecule has 0 spiro atoms. The Morgan fingerprint density at radius 2 is 1.67 bits per heavy atom. The van der Waals surface area contributed by atoms with Crippen molar-refractivity contribution in [3.05, 3.63) is 59.7 Å². The molecule has 0 fully saturated rings. The number of carbonyl (C=O) groups is 2. The van der Waals surface area contributed by atoms with Crippen molar-refractivity contribution in [2.75, 3.05) is 10.6 Å². The van der Waals surface area contributed by atoms with Crippen LogP contribution >= 0.6 is 12.4 Å². The van der Waals surface area contributed by atoms with Gasteiger partial charge in [0.05, 0.1) is 0 Å². The van der Waals surface area contributed by atoms with Crippen molar-refractivity contribution in [3.63, 3.8) is 0 Å². The second kappa shape index (κ2) is 9.53. The summed E-state index contributed by atoms with van der Waals surface area (Å²) in [5.74, 6) is -0.242. The van der Waals surface area contributed by atoms with Crippen molar-refractivity contribution in [3.8, 4) is 0 Å². The molecule has 2 rings (SSSR count). The summed E-state index contributed by atoms with van der Waals surface area (Å²) in [4.78, 5) is 24.5. The molecule has 0 bridgehead atoms. The van der Waals surface area contributed by atoms with E-state index in [1.807, 2.05) is 70.2 Å². The molecule has 0 heterocycles. The minimum absolute atomic E-state index is 0. The van der Waals surface area contributed by atoms with Gasteiger partial charge in [0.15, 0.2) is 0 Å². The first-order chi connectivity index (χ1) is 12.2. The predicted molar refractivity (Wildman–Crippen MR) is 113 cm³/mol. The molecular weight excluding hydrogens is 362 g/mol. The topological polar surface area (TPSA) is 84.2 Å². The highest BCUT2D eigenvalue weighted by Crippen LogP contribution is 2.24. The number of hydrogen-bond donors (Lipinski definition) is 3. The van der Waals surface area contributed by atoms with Crippen LogP contribution in [-0.4, -0.2) is 11.8 Å². The van der Waals surface area contributed by atoms with Gasteiger partial charge in [0.2, 0.25) is 11.8 Å². The van der Waals surface area contributed by atoms with Crippen molar-refractivity contribution in [1.82, 2.24) is 0 Å². The zero-order chi connectivity index (χ0) is 19.3. The Kier molecular flexibility index (Phi) is 8.00. The number of benzene rings is 2. The van der Waals surface area contributed by atoms with E-state index >= 15 is 0 Å². The molecule has 5 nitrogen and oxygen atoms in total. The SMILES string of the molecule is Cc1ccc(NC(=O)CC(N)c2ccccc2)cc1NC(=O)C(C)(C)C.Cl. The summed E-state index contributed by atoms with van der Waals surface area (Å²) in [6.45, 7) is 7.48. The Morgan fingerprint density at radius 1 is 1.04 bits per heavy atom. The van der Waals surface area contributed by atoms with Crippen molar-refractivity contribution in [2.45, 2.75) is 40.2 Å². The van der Waals surface area contributed by atoms with E-state index in [9.17, 15) is 9.59 Å². The Morgan fingerprint density at radius 3 is 2.26 bits per heavy atom. The first kappa shape index (κ1) is 22.7. The molecule has 0 aromatic heterocycles. The highest BCUT2D eigenvalue weighted by atomic mass is 35.5. The third-order valence-electron chi connectivity index (χ3n) is 4.08. The lowest BCUT2D eigenvalue weighted by atomic mass is 9.95. The number of nitrogens with one attached hydrogen (secondary N) is 2. The summed E-state index contributed by atoms with van der Waals surface area (Å²) >= 11 is 0. The van der Waals surface area contributed by atoms with Crippen LogP contribution in [0.15, 0.2) is 48.5 Å². The molecule has 1 unspecified atom stereocenters. The van der Waals surface area contributed by atoms with E-state index < -0.39 is 5.41 Å². The van der Waals surface area contributed by atoms with E-state index in [4.69, 9.17) is 5.73 Å². The Balaban J connectivity index is 0.00000364. The van der Waals surface area contributed by atoms with Gasteiger partial charge in [0.25, 0.3) is 0 Å². The van der Waals surface area contributed by atoms with Gasteiger partial charge < -0.3 is 16.4 Å². The lowest BCUT2D eigenvalue weighted by Crippen LogP contribution is -2.28. The number of hydrogen-bond acceptors (Lipinski definition) is 3. The maximum absolute atomic E-state index is 12.3. The lowest BCUT2D eigenvalue weighted by molar-refractivity contribution is -0.123. The molecule has 0 radical (unpaired) electrons. The van der Waals surface area contributed by atoms with Crippen molar-refractivity contribution in [2.24, 2.45) is 11.1 Å². The fraction of sp³-hybridized carbons (Fsp3) is 0.333. The molecule has 1 atom stereocenters. The maximum atomic E-state index is 12.3. The number of nitrogens with two attached hydrogens (primary N) is 1. The van der Waals surface area contributed by atoms with Gasteiger partial charge in [0, 0.05) is 29.3 Å². The summed E-state index contributed by atoms with van der Waals surface area (Å²) in [6, 6.07) is 14.6. The first-order valence-electron chi connectivity index (χ1n) is 8.69. The third kappa shape index (κ3) is 6.70. The van der Waals surface area contributed by atoms with E-state index in [0.29, 0.717) is 11.4 Å². The highest BCUT2D eigenvalue weighted by Gasteiger charge is 2.22. The second-order valence-electron chi connectivity index (χ2n) is 7.50. The summed E-state index contributed by atoms with van der Waals surface area (Å²) in [5.41, 5.74) is 8.78. The Hall–Kier alpha value is -2.37. The van der Waals surface area contributed by atoms with E-state index in [2.05, 4.69) is 10.6 Å². The van der Waals surface area contributed by atoms with E-state index in [1.54, 1.807) is 6.07 Å². The van der Waals surface area contributed by atoms with Gasteiger partial charge in [-0.05, 0) is 30.2 Å². The van der Waals surface area contributed by atoms with Gasteiger partial charge in [-0.3, -0.25) is 9.59 Å². The van der Waals surface area contributed by atoms with E-state index in [-0.39, 0.29) is 36.7 Å². The first-order valence-corrected chi connectivity index (χ1v) is 8.69. The van der Waals surface area contributed by atoms with Crippen LogP contribution in [0.2, 0.25) is 0 Å². The van der Waals surface area contributed by atoms with Crippen LogP contribution in [0.1, 0.15) is 44.4 Å². The smallest absolute Gasteiger partial charge is 0.229 e. The molecule has 0 saturated heterocycles. The van der Waals surface area contributed by atoms with Gasteiger partial charge in [-0.2, -0.15) is 0 Å². The number of rotatable bonds is 5. The van der Waals surface area contributed by atoms with Gasteiger partial charge >= 0.3 is 0 Å². The van der Waals surface area contributed by atoms with E-state index in [0.717, 1.165) is 11.1 Å². The van der Waals surface area contributed by atoms with Crippen LogP contribution in [0.25, 0.3) is 0 Å². The Bertz CT molecular complexity index is 786. The Labute approximate surface area is 167 Å². The van der Waals surface area contributed by atoms with Crippen molar-refractivity contribution in [1.29, 1.82) is 0 Å². The van der Waals surface area contributed by atoms with Crippen LogP contribution in [0.5, 0.6) is 0 Å². The molecule has 4 N–H and O–H groups in total. The summed E-state index contributed by atoms with van der Waals surface area (Å²) in [6.07, 6.45) is 0.182. The molecule has 6 heteroatoms. The monoisotopic (exact) mass is 389 g/mol. The third-order valence-corrected chi connectivity index (χ3v) is 4.08. The summed E-state index contributed by atoms with van der Waals surface area (Å²) in [7, 11) is 0. The average molecular weight is 390 g/mol. The molecule has 2 aromatic rings. The van der Waals surface area contributed by atoms with E-state index in [1.165, 1.54) is 0 Å². The highest BCUT2D eigenvalue weighted by molar-refractivity contribution is 5.97. The standard InChI is InChI=1S/C21H27N3O2.ClH/c1-14-10-11-16(12-18(14)24-20(26)21(2,3)4)23-19(25)13-17(22)15-8-6-5-7-9-15;/h5-12,17H,13,22H2,1-4H3,(H,23,25)(H,24,26);1H. The minimum Gasteiger partial charge on any atom is -0.326 e. The van der Waals surface area contributed by atoms with Crippen LogP contribution < -0.4 is 16.4 Å². The minimum atomic E-state index is -0.492. The predicted octanol–water partition coefficient (Wildman–Crippen LogP) is 4.43. The molecule has 0 aliphatic heterocycles. The summed E-state index contributed by atoms with van der Waals surface area (Å²) < 4.78 is 0. The fourth-order valence-corrected chi connectivity index (χ4v) is 2.37. The average Bonchev–Trinajstić information content (AvgIpc) is 2.57. The summed E-state index contributed by atoms with van der Waals surface area (Å²) in [5, 5.41) is 5.77. The van der Waals surface area contributed by atoms with Gasteiger partial charge in [-0.25, -0.2) is 0 Å². The molecular formula is C21H28ClN3O2. The number of carbonyl (C=O) groups excluding carboxylic acids is 2. The number of amides is 2. The zero-order valence-corrected chi connectivity index (χ0v) is 17.0. The second-order valence-corrected chi connectivity index (χ2v) is 7.50. The number of halogens is 1. The molecule has 0 aliphatic rings. The fourth-order valence-electron chi connectivity index (χ4n) is 2.37. The maximum Gasteiger partial charge on any atom is 0.229 e. The molecule has 146 valence electrons. The molecule has 2 amide bonds. The van der Waals surface area contributed by atoms with Crippen LogP contribution in [0.4, 0.5) is 11.4 Å². The molecule has 0 saturated carbocycles.